The monoisotopic (exact) mass is 353 g/mol. The predicted molar refractivity (Wildman–Crippen MR) is 86.8 cm³/mol. The van der Waals surface area contributed by atoms with E-state index < -0.39 is 6.04 Å². The molecule has 9 heteroatoms. The van der Waals surface area contributed by atoms with Gasteiger partial charge in [-0.15, -0.1) is 0 Å². The van der Waals surface area contributed by atoms with Crippen LogP contribution in [-0.4, -0.2) is 26.6 Å². The Morgan fingerprint density at radius 1 is 1.43 bits per heavy atom. The minimum absolute atomic E-state index is 0.0752. The van der Waals surface area contributed by atoms with Crippen LogP contribution in [0.5, 0.6) is 0 Å². The van der Waals surface area contributed by atoms with Gasteiger partial charge >= 0.3 is 0 Å². The molecule has 23 heavy (non-hydrogen) atoms. The molecule has 1 aliphatic heterocycles. The van der Waals surface area contributed by atoms with Gasteiger partial charge in [0.15, 0.2) is 5.82 Å². The number of aryl methyl sites for hydroxylation is 1. The molecule has 2 N–H and O–H groups in total. The maximum atomic E-state index is 12.2. The van der Waals surface area contributed by atoms with Crippen LogP contribution in [0.15, 0.2) is 18.2 Å². The molecule has 2 heterocycles. The summed E-state index contributed by atoms with van der Waals surface area (Å²) in [5, 5.41) is 10.1. The van der Waals surface area contributed by atoms with Gasteiger partial charge in [0.1, 0.15) is 6.04 Å². The second kappa shape index (κ2) is 6.17. The lowest BCUT2D eigenvalue weighted by molar-refractivity contribution is -0.123. The molecule has 7 nitrogen and oxygen atoms in total. The van der Waals surface area contributed by atoms with E-state index in [0.717, 1.165) is 0 Å². The Balaban J connectivity index is 1.74. The lowest BCUT2D eigenvalue weighted by atomic mass is 10.2. The molecule has 1 aromatic carbocycles. The minimum Gasteiger partial charge on any atom is -0.325 e. The molecule has 0 saturated carbocycles. The van der Waals surface area contributed by atoms with E-state index in [4.69, 9.17) is 23.2 Å². The molecule has 0 aliphatic carbocycles. The highest BCUT2D eigenvalue weighted by Gasteiger charge is 2.34. The number of rotatable bonds is 4. The van der Waals surface area contributed by atoms with E-state index in [1.54, 1.807) is 18.2 Å². The first kappa shape index (κ1) is 15.8. The molecular formula is C14H13Cl2N5O2. The second-order valence-corrected chi connectivity index (χ2v) is 5.79. The van der Waals surface area contributed by atoms with E-state index in [0.29, 0.717) is 28.9 Å². The number of fused-ring (bicyclic) bond motifs is 1. The van der Waals surface area contributed by atoms with E-state index in [-0.39, 0.29) is 23.3 Å². The Morgan fingerprint density at radius 3 is 2.96 bits per heavy atom. The molecule has 0 saturated heterocycles. The van der Waals surface area contributed by atoms with Crippen molar-refractivity contribution in [1.29, 1.82) is 0 Å². The second-order valence-electron chi connectivity index (χ2n) is 5.01. The van der Waals surface area contributed by atoms with Crippen LogP contribution in [0.4, 0.5) is 11.6 Å². The van der Waals surface area contributed by atoms with Gasteiger partial charge in [-0.1, -0.05) is 36.2 Å². The van der Waals surface area contributed by atoms with Gasteiger partial charge in [0.05, 0.1) is 22.2 Å². The Hall–Kier alpha value is -2.12. The van der Waals surface area contributed by atoms with Gasteiger partial charge in [-0.2, -0.15) is 10.1 Å². The quantitative estimate of drug-likeness (QED) is 0.884. The predicted octanol–water partition coefficient (Wildman–Crippen LogP) is 2.67. The molecule has 0 spiro atoms. The van der Waals surface area contributed by atoms with E-state index in [1.807, 2.05) is 6.92 Å². The molecule has 3 rings (SSSR count). The highest BCUT2D eigenvalue weighted by Crippen LogP contribution is 2.30. The fraction of sp³-hybridized carbons (Fsp3) is 0.286. The zero-order valence-electron chi connectivity index (χ0n) is 12.1. The molecule has 1 aromatic heterocycles. The number of nitrogens with zero attached hydrogens (tertiary/aromatic N) is 3. The first-order valence-electron chi connectivity index (χ1n) is 6.99. The number of nitrogens with one attached hydrogen (secondary N) is 2. The summed E-state index contributed by atoms with van der Waals surface area (Å²) in [5.41, 5.74) is 0.399. The fourth-order valence-corrected chi connectivity index (χ4v) is 2.63. The van der Waals surface area contributed by atoms with E-state index in [1.165, 1.54) is 4.68 Å². The van der Waals surface area contributed by atoms with E-state index >= 15 is 0 Å². The molecule has 2 aromatic rings. The smallest absolute Gasteiger partial charge is 0.252 e. The van der Waals surface area contributed by atoms with Crippen molar-refractivity contribution in [2.75, 3.05) is 10.6 Å². The van der Waals surface area contributed by atoms with Gasteiger partial charge in [0.2, 0.25) is 11.9 Å². The number of hydrogen-bond donors (Lipinski definition) is 2. The Labute approximate surface area is 142 Å². The van der Waals surface area contributed by atoms with Crippen molar-refractivity contribution in [3.05, 3.63) is 34.1 Å². The summed E-state index contributed by atoms with van der Waals surface area (Å²) in [6, 6.07) is 4.21. The zero-order valence-corrected chi connectivity index (χ0v) is 13.6. The molecule has 0 radical (unpaired) electrons. The van der Waals surface area contributed by atoms with Gasteiger partial charge < -0.3 is 5.32 Å². The minimum atomic E-state index is -0.726. The largest absolute Gasteiger partial charge is 0.325 e. The molecular weight excluding hydrogens is 341 g/mol. The normalized spacial score (nSPS) is 16.1. The third-order valence-electron chi connectivity index (χ3n) is 3.43. The number of hydrogen-bond acceptors (Lipinski definition) is 4. The summed E-state index contributed by atoms with van der Waals surface area (Å²) < 4.78 is 1.44. The van der Waals surface area contributed by atoms with Crippen molar-refractivity contribution >= 4 is 46.7 Å². The van der Waals surface area contributed by atoms with Crippen LogP contribution >= 0.6 is 23.2 Å². The van der Waals surface area contributed by atoms with Crippen LogP contribution in [-0.2, 0) is 16.0 Å². The number of benzene rings is 1. The zero-order chi connectivity index (χ0) is 16.6. The number of carbonyl (C=O) groups is 2. The van der Waals surface area contributed by atoms with Gasteiger partial charge in [-0.25, -0.2) is 4.68 Å². The molecule has 0 fully saturated rings. The third kappa shape index (κ3) is 3.02. The van der Waals surface area contributed by atoms with Gasteiger partial charge in [-0.05, 0) is 12.1 Å². The number of carbonyl (C=O) groups excluding carboxylic acids is 2. The Morgan fingerprint density at radius 2 is 2.22 bits per heavy atom. The first-order valence-corrected chi connectivity index (χ1v) is 7.75. The van der Waals surface area contributed by atoms with Gasteiger partial charge in [0, 0.05) is 6.42 Å². The van der Waals surface area contributed by atoms with Crippen LogP contribution in [0, 0.1) is 0 Å². The molecule has 1 atom stereocenters. The van der Waals surface area contributed by atoms with E-state index in [2.05, 4.69) is 20.7 Å². The van der Waals surface area contributed by atoms with Crippen LogP contribution in [0.2, 0.25) is 10.0 Å². The van der Waals surface area contributed by atoms with Crippen LogP contribution in [0.3, 0.4) is 0 Å². The van der Waals surface area contributed by atoms with Crippen LogP contribution < -0.4 is 10.6 Å². The molecule has 1 unspecified atom stereocenters. The Kier molecular flexibility index (Phi) is 4.23. The maximum Gasteiger partial charge on any atom is 0.252 e. The lowest BCUT2D eigenvalue weighted by Crippen LogP contribution is -2.24. The highest BCUT2D eigenvalue weighted by molar-refractivity contribution is 6.44. The van der Waals surface area contributed by atoms with E-state index in [9.17, 15) is 9.59 Å². The summed E-state index contributed by atoms with van der Waals surface area (Å²) in [6.45, 7) is 1.91. The highest BCUT2D eigenvalue weighted by atomic mass is 35.5. The molecule has 1 aliphatic rings. The fourth-order valence-electron chi connectivity index (χ4n) is 2.28. The summed E-state index contributed by atoms with van der Waals surface area (Å²) in [4.78, 5) is 28.3. The average Bonchev–Trinajstić information content (AvgIpc) is 3.03. The summed E-state index contributed by atoms with van der Waals surface area (Å²) in [6.07, 6.45) is 0.571. The van der Waals surface area contributed by atoms with Crippen LogP contribution in [0.25, 0.3) is 0 Å². The SMILES string of the molecule is CCc1nc2n(n1)C(CC(=O)Nc1cccc(Cl)c1Cl)C(=O)N2. The average molecular weight is 354 g/mol. The van der Waals surface area contributed by atoms with Crippen molar-refractivity contribution in [3.8, 4) is 0 Å². The molecule has 2 amide bonds. The summed E-state index contributed by atoms with van der Waals surface area (Å²) >= 11 is 11.9. The van der Waals surface area contributed by atoms with Crippen molar-refractivity contribution < 1.29 is 9.59 Å². The topological polar surface area (TPSA) is 88.9 Å². The number of aromatic nitrogens is 3. The number of amides is 2. The van der Waals surface area contributed by atoms with Crippen LogP contribution in [0.1, 0.15) is 25.2 Å². The Bertz CT molecular complexity index is 789. The van der Waals surface area contributed by atoms with Crippen molar-refractivity contribution in [2.45, 2.75) is 25.8 Å². The first-order chi connectivity index (χ1) is 11.0. The molecule has 120 valence electrons. The van der Waals surface area contributed by atoms with Gasteiger partial charge in [-0.3, -0.25) is 14.9 Å². The standard InChI is InChI=1S/C14H13Cl2N5O2/c1-2-10-18-14-19-13(23)9(21(14)20-10)6-11(22)17-8-5-3-4-7(15)12(8)16/h3-5,9H,2,6H2,1H3,(H,17,22)(H,18,19,20,23). The number of anilines is 2. The van der Waals surface area contributed by atoms with Crippen molar-refractivity contribution in [2.24, 2.45) is 0 Å². The maximum absolute atomic E-state index is 12.2. The van der Waals surface area contributed by atoms with Gasteiger partial charge in [0.25, 0.3) is 5.91 Å². The van der Waals surface area contributed by atoms with Crippen molar-refractivity contribution in [1.82, 2.24) is 14.8 Å². The summed E-state index contributed by atoms with van der Waals surface area (Å²) in [7, 11) is 0. The number of halogens is 2. The molecule has 0 bridgehead atoms. The third-order valence-corrected chi connectivity index (χ3v) is 4.25. The lowest BCUT2D eigenvalue weighted by Gasteiger charge is -2.11. The summed E-state index contributed by atoms with van der Waals surface area (Å²) in [5.74, 6) is 0.305. The van der Waals surface area contributed by atoms with Crippen molar-refractivity contribution in [3.63, 3.8) is 0 Å².